The van der Waals surface area contributed by atoms with E-state index in [1.807, 2.05) is 0 Å². The average molecular weight is 255 g/mol. The van der Waals surface area contributed by atoms with Gasteiger partial charge in [-0.2, -0.15) is 0 Å². The molecule has 0 bridgehead atoms. The first-order chi connectivity index (χ1) is 8.57. The summed E-state index contributed by atoms with van der Waals surface area (Å²) in [5, 5.41) is 9.69. The zero-order chi connectivity index (χ0) is 13.2. The first-order valence-corrected chi connectivity index (χ1v) is 6.25. The van der Waals surface area contributed by atoms with Crippen LogP contribution in [0.1, 0.15) is 30.4 Å². The lowest BCUT2D eigenvalue weighted by molar-refractivity contribution is 0.114. The summed E-state index contributed by atoms with van der Waals surface area (Å²) in [6, 6.07) is 6.41. The number of hydrogen-bond donors (Lipinski definition) is 1. The molecular formula is C14H19F2NO. The maximum Gasteiger partial charge on any atom is 0.263 e. The van der Waals surface area contributed by atoms with Gasteiger partial charge in [0.25, 0.3) is 6.43 Å². The Kier molecular flexibility index (Phi) is 3.97. The van der Waals surface area contributed by atoms with Gasteiger partial charge in [0, 0.05) is 11.0 Å². The molecule has 1 N–H and O–H groups in total. The van der Waals surface area contributed by atoms with E-state index in [-0.39, 0.29) is 17.6 Å². The molecule has 1 aliphatic heterocycles. The Morgan fingerprint density at radius 3 is 2.22 bits per heavy atom. The van der Waals surface area contributed by atoms with Crippen molar-refractivity contribution >= 4 is 0 Å². The molecule has 2 nitrogen and oxygen atoms in total. The van der Waals surface area contributed by atoms with Crippen LogP contribution in [-0.2, 0) is 5.41 Å². The summed E-state index contributed by atoms with van der Waals surface area (Å²) in [6.07, 6.45) is -0.691. The second-order valence-electron chi connectivity index (χ2n) is 5.16. The molecule has 0 spiro atoms. The lowest BCUT2D eigenvalue weighted by Crippen LogP contribution is -2.43. The second-order valence-corrected chi connectivity index (χ2v) is 5.16. The van der Waals surface area contributed by atoms with Crippen molar-refractivity contribution in [2.24, 2.45) is 0 Å². The standard InChI is InChI=1S/C14H19F2NO/c1-17-8-6-14(10-18,7-9-17)12-4-2-11(3-5-12)13(15)16/h2-5,13,18H,6-10H2,1H3. The van der Waals surface area contributed by atoms with Crippen LogP contribution in [0.4, 0.5) is 8.78 Å². The van der Waals surface area contributed by atoms with Crippen molar-refractivity contribution in [3.05, 3.63) is 35.4 Å². The van der Waals surface area contributed by atoms with Crippen molar-refractivity contribution in [2.75, 3.05) is 26.7 Å². The number of likely N-dealkylation sites (tertiary alicyclic amines) is 1. The Balaban J connectivity index is 2.22. The molecule has 0 amide bonds. The zero-order valence-corrected chi connectivity index (χ0v) is 10.6. The molecule has 4 heteroatoms. The van der Waals surface area contributed by atoms with E-state index >= 15 is 0 Å². The molecule has 1 aliphatic rings. The SMILES string of the molecule is CN1CCC(CO)(c2ccc(C(F)F)cc2)CC1. The van der Waals surface area contributed by atoms with Gasteiger partial charge in [0.05, 0.1) is 6.61 Å². The number of benzene rings is 1. The highest BCUT2D eigenvalue weighted by molar-refractivity contribution is 5.30. The molecule has 0 radical (unpaired) electrons. The van der Waals surface area contributed by atoms with Gasteiger partial charge in [-0.25, -0.2) is 8.78 Å². The highest BCUT2D eigenvalue weighted by atomic mass is 19.3. The quantitative estimate of drug-likeness (QED) is 0.897. The van der Waals surface area contributed by atoms with Gasteiger partial charge in [-0.1, -0.05) is 24.3 Å². The van der Waals surface area contributed by atoms with Crippen LogP contribution in [-0.4, -0.2) is 36.8 Å². The van der Waals surface area contributed by atoms with Gasteiger partial charge in [0.15, 0.2) is 0 Å². The van der Waals surface area contributed by atoms with Crippen LogP contribution in [0.2, 0.25) is 0 Å². The van der Waals surface area contributed by atoms with E-state index in [9.17, 15) is 13.9 Å². The summed E-state index contributed by atoms with van der Waals surface area (Å²) in [4.78, 5) is 2.22. The Morgan fingerprint density at radius 2 is 1.78 bits per heavy atom. The average Bonchev–Trinajstić information content (AvgIpc) is 2.40. The van der Waals surface area contributed by atoms with Crippen LogP contribution in [0, 0.1) is 0 Å². The second kappa shape index (κ2) is 5.33. The maximum atomic E-state index is 12.5. The van der Waals surface area contributed by atoms with Crippen molar-refractivity contribution in [1.82, 2.24) is 4.90 Å². The van der Waals surface area contributed by atoms with Crippen LogP contribution in [0.3, 0.4) is 0 Å². The van der Waals surface area contributed by atoms with E-state index in [1.54, 1.807) is 12.1 Å². The molecule has 1 fully saturated rings. The Morgan fingerprint density at radius 1 is 1.22 bits per heavy atom. The first-order valence-electron chi connectivity index (χ1n) is 6.25. The molecule has 0 saturated carbocycles. The lowest BCUT2D eigenvalue weighted by atomic mass is 9.73. The van der Waals surface area contributed by atoms with Crippen LogP contribution < -0.4 is 0 Å². The Labute approximate surface area is 106 Å². The van der Waals surface area contributed by atoms with Gasteiger partial charge in [0.2, 0.25) is 0 Å². The summed E-state index contributed by atoms with van der Waals surface area (Å²) in [5.41, 5.74) is 0.759. The van der Waals surface area contributed by atoms with Crippen molar-refractivity contribution in [2.45, 2.75) is 24.7 Å². The molecule has 2 rings (SSSR count). The van der Waals surface area contributed by atoms with Crippen LogP contribution in [0.15, 0.2) is 24.3 Å². The minimum Gasteiger partial charge on any atom is -0.395 e. The Bertz CT molecular complexity index is 383. The van der Waals surface area contributed by atoms with Crippen LogP contribution in [0.5, 0.6) is 0 Å². The van der Waals surface area contributed by atoms with Gasteiger partial charge in [0.1, 0.15) is 0 Å². The third-order valence-electron chi connectivity index (χ3n) is 4.02. The number of nitrogens with zero attached hydrogens (tertiary/aromatic N) is 1. The van der Waals surface area contributed by atoms with Gasteiger partial charge < -0.3 is 10.0 Å². The number of aliphatic hydroxyl groups excluding tert-OH is 1. The van der Waals surface area contributed by atoms with Crippen LogP contribution in [0.25, 0.3) is 0 Å². The third kappa shape index (κ3) is 2.54. The summed E-state index contributed by atoms with van der Waals surface area (Å²) in [6.45, 7) is 1.93. The number of rotatable bonds is 3. The van der Waals surface area contributed by atoms with E-state index < -0.39 is 6.43 Å². The fourth-order valence-corrected chi connectivity index (χ4v) is 2.57. The number of alkyl halides is 2. The smallest absolute Gasteiger partial charge is 0.263 e. The molecule has 1 aromatic rings. The van der Waals surface area contributed by atoms with Crippen molar-refractivity contribution in [1.29, 1.82) is 0 Å². The normalized spacial score (nSPS) is 20.3. The predicted octanol–water partition coefficient (Wildman–Crippen LogP) is 2.58. The van der Waals surface area contributed by atoms with Gasteiger partial charge in [-0.15, -0.1) is 0 Å². The molecule has 1 heterocycles. The largest absolute Gasteiger partial charge is 0.395 e. The summed E-state index contributed by atoms with van der Waals surface area (Å²) in [7, 11) is 2.06. The van der Waals surface area contributed by atoms with E-state index in [1.165, 1.54) is 12.1 Å². The molecule has 0 atom stereocenters. The summed E-state index contributed by atoms with van der Waals surface area (Å²) >= 11 is 0. The van der Waals surface area contributed by atoms with E-state index in [4.69, 9.17) is 0 Å². The number of hydrogen-bond acceptors (Lipinski definition) is 2. The fourth-order valence-electron chi connectivity index (χ4n) is 2.57. The maximum absolute atomic E-state index is 12.5. The molecule has 1 aromatic carbocycles. The monoisotopic (exact) mass is 255 g/mol. The van der Waals surface area contributed by atoms with Crippen LogP contribution >= 0.6 is 0 Å². The van der Waals surface area contributed by atoms with Crippen molar-refractivity contribution in [3.8, 4) is 0 Å². The van der Waals surface area contributed by atoms with Crippen molar-refractivity contribution in [3.63, 3.8) is 0 Å². The lowest BCUT2D eigenvalue weighted by Gasteiger charge is -2.40. The fraction of sp³-hybridized carbons (Fsp3) is 0.571. The minimum absolute atomic E-state index is 0.0415. The molecular weight excluding hydrogens is 236 g/mol. The Hall–Kier alpha value is -1.00. The molecule has 0 aliphatic carbocycles. The van der Waals surface area contributed by atoms with E-state index in [2.05, 4.69) is 11.9 Å². The highest BCUT2D eigenvalue weighted by Gasteiger charge is 2.34. The number of halogens is 2. The number of piperidine rings is 1. The van der Waals surface area contributed by atoms with Crippen molar-refractivity contribution < 1.29 is 13.9 Å². The van der Waals surface area contributed by atoms with E-state index in [0.717, 1.165) is 31.5 Å². The molecule has 0 aromatic heterocycles. The molecule has 1 saturated heterocycles. The minimum atomic E-state index is -2.43. The highest BCUT2D eigenvalue weighted by Crippen LogP contribution is 2.35. The molecule has 0 unspecified atom stereocenters. The zero-order valence-electron chi connectivity index (χ0n) is 10.6. The topological polar surface area (TPSA) is 23.5 Å². The van der Waals surface area contributed by atoms with Gasteiger partial charge in [-0.05, 0) is 38.5 Å². The third-order valence-corrected chi connectivity index (χ3v) is 4.02. The predicted molar refractivity (Wildman–Crippen MR) is 66.9 cm³/mol. The number of aliphatic hydroxyl groups is 1. The van der Waals surface area contributed by atoms with E-state index in [0.29, 0.717) is 0 Å². The molecule has 18 heavy (non-hydrogen) atoms. The molecule has 100 valence electrons. The van der Waals surface area contributed by atoms with Gasteiger partial charge >= 0.3 is 0 Å². The van der Waals surface area contributed by atoms with Gasteiger partial charge in [-0.3, -0.25) is 0 Å². The first kappa shape index (κ1) is 13.4. The summed E-state index contributed by atoms with van der Waals surface area (Å²) in [5.74, 6) is 0. The summed E-state index contributed by atoms with van der Waals surface area (Å²) < 4.78 is 25.0.